The van der Waals surface area contributed by atoms with Crippen molar-refractivity contribution in [3.8, 4) is 0 Å². The van der Waals surface area contributed by atoms with Gasteiger partial charge < -0.3 is 4.98 Å². The lowest BCUT2D eigenvalue weighted by Crippen LogP contribution is -2.17. The van der Waals surface area contributed by atoms with Crippen LogP contribution in [0.15, 0.2) is 18.2 Å². The Labute approximate surface area is 103 Å². The highest BCUT2D eigenvalue weighted by molar-refractivity contribution is 6.03. The van der Waals surface area contributed by atoms with E-state index in [1.165, 1.54) is 6.07 Å². The second-order valence-corrected chi connectivity index (χ2v) is 4.90. The van der Waals surface area contributed by atoms with Gasteiger partial charge in [-0.15, -0.1) is 0 Å². The van der Waals surface area contributed by atoms with Gasteiger partial charge in [-0.25, -0.2) is 0 Å². The summed E-state index contributed by atoms with van der Waals surface area (Å²) >= 11 is 0. The van der Waals surface area contributed by atoms with Crippen molar-refractivity contribution in [1.29, 1.82) is 0 Å². The number of rotatable bonds is 1. The third-order valence-electron chi connectivity index (χ3n) is 3.47. The molecule has 18 heavy (non-hydrogen) atoms. The number of nitrogens with one attached hydrogen (secondary N) is 1. The lowest BCUT2D eigenvalue weighted by atomic mass is 9.87. The molecule has 0 spiro atoms. The van der Waals surface area contributed by atoms with Crippen molar-refractivity contribution in [2.45, 2.75) is 19.8 Å². The van der Waals surface area contributed by atoms with Crippen LogP contribution in [-0.2, 0) is 6.42 Å². The summed E-state index contributed by atoms with van der Waals surface area (Å²) in [5.41, 5.74) is 2.42. The number of carbonyl (C=O) groups is 1. The first-order chi connectivity index (χ1) is 8.56. The van der Waals surface area contributed by atoms with Gasteiger partial charge in [0.25, 0.3) is 5.69 Å². The lowest BCUT2D eigenvalue weighted by molar-refractivity contribution is -0.384. The van der Waals surface area contributed by atoms with E-state index >= 15 is 0 Å². The maximum Gasteiger partial charge on any atom is 0.270 e. The first-order valence-corrected chi connectivity index (χ1v) is 5.88. The smallest absolute Gasteiger partial charge is 0.270 e. The fraction of sp³-hybridized carbons (Fsp3) is 0.308. The van der Waals surface area contributed by atoms with Crippen LogP contribution in [0.5, 0.6) is 0 Å². The minimum Gasteiger partial charge on any atom is -0.352 e. The third kappa shape index (κ3) is 1.51. The van der Waals surface area contributed by atoms with Crippen molar-refractivity contribution in [3.05, 3.63) is 39.6 Å². The zero-order chi connectivity index (χ0) is 12.9. The lowest BCUT2D eigenvalue weighted by Gasteiger charge is -2.16. The van der Waals surface area contributed by atoms with Crippen LogP contribution in [0.4, 0.5) is 5.69 Å². The monoisotopic (exact) mass is 244 g/mol. The third-order valence-corrected chi connectivity index (χ3v) is 3.47. The number of hydrogen-bond acceptors (Lipinski definition) is 3. The predicted octanol–water partition coefficient (Wildman–Crippen LogP) is 2.84. The van der Waals surface area contributed by atoms with Crippen LogP contribution in [0.3, 0.4) is 0 Å². The van der Waals surface area contributed by atoms with Crippen molar-refractivity contribution in [3.63, 3.8) is 0 Å². The first kappa shape index (κ1) is 11.0. The molecule has 0 saturated carbocycles. The highest BCUT2D eigenvalue weighted by Gasteiger charge is 2.26. The van der Waals surface area contributed by atoms with Crippen molar-refractivity contribution in [1.82, 2.24) is 4.98 Å². The molecule has 0 saturated heterocycles. The molecule has 0 aliphatic heterocycles. The van der Waals surface area contributed by atoms with Gasteiger partial charge in [0, 0.05) is 29.5 Å². The summed E-state index contributed by atoms with van der Waals surface area (Å²) in [7, 11) is 0. The van der Waals surface area contributed by atoms with E-state index in [2.05, 4.69) is 4.98 Å². The second kappa shape index (κ2) is 3.66. The Morgan fingerprint density at radius 1 is 1.39 bits per heavy atom. The Kier molecular flexibility index (Phi) is 2.23. The molecular formula is C13H12N2O3. The fourth-order valence-corrected chi connectivity index (χ4v) is 2.64. The number of fused-ring (bicyclic) bond motifs is 3. The molecule has 0 bridgehead atoms. The van der Waals surface area contributed by atoms with Crippen molar-refractivity contribution < 1.29 is 9.72 Å². The number of non-ortho nitro benzene ring substituents is 1. The number of aromatic amines is 1. The van der Waals surface area contributed by atoms with Crippen LogP contribution in [-0.4, -0.2) is 15.7 Å². The van der Waals surface area contributed by atoms with Gasteiger partial charge in [-0.3, -0.25) is 14.9 Å². The highest BCUT2D eigenvalue weighted by Crippen LogP contribution is 2.33. The van der Waals surface area contributed by atoms with E-state index in [1.807, 2.05) is 6.92 Å². The zero-order valence-electron chi connectivity index (χ0n) is 9.90. The Bertz CT molecular complexity index is 672. The maximum atomic E-state index is 11.9. The number of hydrogen-bond donors (Lipinski definition) is 1. The average Bonchev–Trinajstić information content (AvgIpc) is 2.67. The quantitative estimate of drug-likeness (QED) is 0.619. The Balaban J connectivity index is 2.26. The molecule has 1 aromatic heterocycles. The SMILES string of the molecule is CC1CC(=O)c2[nH]c3ccc([N+](=O)[O-])cc3c2C1. The largest absolute Gasteiger partial charge is 0.352 e. The Morgan fingerprint density at radius 3 is 2.89 bits per heavy atom. The Hall–Kier alpha value is -2.17. The molecule has 1 N–H and O–H groups in total. The number of aromatic nitrogens is 1. The summed E-state index contributed by atoms with van der Waals surface area (Å²) in [5.74, 6) is 0.394. The van der Waals surface area contributed by atoms with Gasteiger partial charge in [0.1, 0.15) is 0 Å². The molecule has 0 amide bonds. The van der Waals surface area contributed by atoms with Crippen LogP contribution >= 0.6 is 0 Å². The van der Waals surface area contributed by atoms with E-state index in [-0.39, 0.29) is 11.5 Å². The molecule has 0 radical (unpaired) electrons. The standard InChI is InChI=1S/C13H12N2O3/c1-7-4-10-9-6-8(15(17)18)2-3-11(9)14-13(10)12(16)5-7/h2-3,6-7,14H,4-5H2,1H3. The summed E-state index contributed by atoms with van der Waals surface area (Å²) in [5, 5.41) is 11.6. The molecule has 3 rings (SSSR count). The predicted molar refractivity (Wildman–Crippen MR) is 66.8 cm³/mol. The maximum absolute atomic E-state index is 11.9. The van der Waals surface area contributed by atoms with Gasteiger partial charge in [-0.1, -0.05) is 6.92 Å². The van der Waals surface area contributed by atoms with Crippen LogP contribution in [0.1, 0.15) is 29.4 Å². The van der Waals surface area contributed by atoms with Gasteiger partial charge in [0.2, 0.25) is 0 Å². The molecule has 1 aliphatic rings. The van der Waals surface area contributed by atoms with Gasteiger partial charge in [0.15, 0.2) is 5.78 Å². The van der Waals surface area contributed by atoms with Crippen LogP contribution in [0, 0.1) is 16.0 Å². The number of benzene rings is 1. The van der Waals surface area contributed by atoms with Crippen molar-refractivity contribution in [2.24, 2.45) is 5.92 Å². The van der Waals surface area contributed by atoms with E-state index in [0.29, 0.717) is 18.0 Å². The number of nitrogens with zero attached hydrogens (tertiary/aromatic N) is 1. The number of nitro benzene ring substituents is 1. The number of Topliss-reactive ketones (excluding diaryl/α,β-unsaturated/α-hetero) is 1. The number of carbonyl (C=O) groups excluding carboxylic acids is 1. The minimum absolute atomic E-state index is 0.0648. The number of ketones is 1. The molecule has 0 fully saturated rings. The average molecular weight is 244 g/mol. The number of H-pyrrole nitrogens is 1. The van der Waals surface area contributed by atoms with E-state index in [9.17, 15) is 14.9 Å². The summed E-state index contributed by atoms with van der Waals surface area (Å²) < 4.78 is 0. The molecule has 2 aromatic rings. The van der Waals surface area contributed by atoms with Gasteiger partial charge >= 0.3 is 0 Å². The molecule has 1 atom stereocenters. The highest BCUT2D eigenvalue weighted by atomic mass is 16.6. The van der Waals surface area contributed by atoms with Gasteiger partial charge in [0.05, 0.1) is 10.6 Å². The van der Waals surface area contributed by atoms with E-state index < -0.39 is 4.92 Å². The topological polar surface area (TPSA) is 76.0 Å². The summed E-state index contributed by atoms with van der Waals surface area (Å²) in [4.78, 5) is 25.4. The molecular weight excluding hydrogens is 232 g/mol. The molecule has 1 heterocycles. The van der Waals surface area contributed by atoms with Crippen molar-refractivity contribution in [2.75, 3.05) is 0 Å². The van der Waals surface area contributed by atoms with Crippen LogP contribution < -0.4 is 0 Å². The summed E-state index contributed by atoms with van der Waals surface area (Å²) in [6.45, 7) is 2.02. The second-order valence-electron chi connectivity index (χ2n) is 4.90. The molecule has 1 unspecified atom stereocenters. The molecule has 5 heteroatoms. The molecule has 1 aromatic carbocycles. The van der Waals surface area contributed by atoms with E-state index in [0.717, 1.165) is 22.9 Å². The Morgan fingerprint density at radius 2 is 2.17 bits per heavy atom. The summed E-state index contributed by atoms with van der Waals surface area (Å²) in [6.07, 6.45) is 1.34. The zero-order valence-corrected chi connectivity index (χ0v) is 9.90. The minimum atomic E-state index is -0.410. The normalized spacial score (nSPS) is 18.9. The summed E-state index contributed by atoms with van der Waals surface area (Å²) in [6, 6.07) is 4.68. The molecule has 92 valence electrons. The van der Waals surface area contributed by atoms with Gasteiger partial charge in [-0.2, -0.15) is 0 Å². The van der Waals surface area contributed by atoms with Crippen LogP contribution in [0.2, 0.25) is 0 Å². The molecule has 5 nitrogen and oxygen atoms in total. The first-order valence-electron chi connectivity index (χ1n) is 5.88. The van der Waals surface area contributed by atoms with E-state index in [4.69, 9.17) is 0 Å². The molecule has 1 aliphatic carbocycles. The number of nitro groups is 1. The van der Waals surface area contributed by atoms with Crippen molar-refractivity contribution >= 4 is 22.4 Å². The van der Waals surface area contributed by atoms with Gasteiger partial charge in [-0.05, 0) is 24.0 Å². The van der Waals surface area contributed by atoms with E-state index in [1.54, 1.807) is 12.1 Å². The van der Waals surface area contributed by atoms with Crippen LogP contribution in [0.25, 0.3) is 10.9 Å². The fourth-order valence-electron chi connectivity index (χ4n) is 2.64.